The summed E-state index contributed by atoms with van der Waals surface area (Å²) >= 11 is 0. The molecule has 4 aromatic carbocycles. The quantitative estimate of drug-likeness (QED) is 0.213. The van der Waals surface area contributed by atoms with Gasteiger partial charge in [-0.15, -0.1) is 0 Å². The molecule has 0 bridgehead atoms. The molecule has 0 saturated carbocycles. The molecule has 0 aliphatic carbocycles. The first-order valence-electron chi connectivity index (χ1n) is 14.8. The summed E-state index contributed by atoms with van der Waals surface area (Å²) in [6.07, 6.45) is 0.856. The zero-order chi connectivity index (χ0) is 31.1. The van der Waals surface area contributed by atoms with Crippen molar-refractivity contribution in [3.63, 3.8) is 0 Å². The minimum absolute atomic E-state index is 0.0544. The zero-order valence-corrected chi connectivity index (χ0v) is 25.7. The molecule has 5 rings (SSSR count). The molecule has 228 valence electrons. The highest BCUT2D eigenvalue weighted by Gasteiger charge is 2.44. The number of fused-ring (bicyclic) bond motifs is 1. The van der Waals surface area contributed by atoms with Crippen LogP contribution in [0.2, 0.25) is 0 Å². The Morgan fingerprint density at radius 2 is 1.50 bits per heavy atom. The summed E-state index contributed by atoms with van der Waals surface area (Å²) in [6, 6.07) is 29.9. The second-order valence-corrected chi connectivity index (χ2v) is 13.1. The number of nitrogens with zero attached hydrogens (tertiary/aromatic N) is 1. The summed E-state index contributed by atoms with van der Waals surface area (Å²) in [4.78, 5) is 26.6. The van der Waals surface area contributed by atoms with Crippen LogP contribution in [-0.2, 0) is 45.4 Å². The van der Waals surface area contributed by atoms with E-state index in [0.717, 1.165) is 27.4 Å². The molecular weight excluding hydrogens is 574 g/mol. The fourth-order valence-electron chi connectivity index (χ4n) is 5.40. The van der Waals surface area contributed by atoms with Crippen LogP contribution in [0.25, 0.3) is 0 Å². The highest BCUT2D eigenvalue weighted by Crippen LogP contribution is 2.42. The van der Waals surface area contributed by atoms with Crippen LogP contribution >= 0.6 is 0 Å². The molecule has 2 amide bonds. The largest absolute Gasteiger partial charge is 0.444 e. The topological polar surface area (TPSA) is 105 Å². The lowest BCUT2D eigenvalue weighted by Crippen LogP contribution is -2.48. The Morgan fingerprint density at radius 1 is 0.841 bits per heavy atom. The van der Waals surface area contributed by atoms with Gasteiger partial charge in [-0.05, 0) is 59.2 Å². The molecule has 1 aliphatic heterocycles. The van der Waals surface area contributed by atoms with E-state index in [4.69, 9.17) is 4.74 Å². The number of carbonyl (C=O) groups is 2. The summed E-state index contributed by atoms with van der Waals surface area (Å²) in [5, 5.41) is 5.66. The highest BCUT2D eigenvalue weighted by molar-refractivity contribution is 7.93. The van der Waals surface area contributed by atoms with E-state index in [1.54, 1.807) is 30.3 Å². The lowest BCUT2D eigenvalue weighted by molar-refractivity contribution is -0.122. The third-order valence-electron chi connectivity index (χ3n) is 7.47. The van der Waals surface area contributed by atoms with Crippen LogP contribution in [0.5, 0.6) is 0 Å². The minimum Gasteiger partial charge on any atom is -0.444 e. The number of carbonyl (C=O) groups excluding carboxylic acids is 2. The van der Waals surface area contributed by atoms with Crippen molar-refractivity contribution in [1.82, 2.24) is 5.32 Å². The molecule has 1 unspecified atom stereocenters. The Morgan fingerprint density at radius 3 is 2.16 bits per heavy atom. The first kappa shape index (κ1) is 30.8. The van der Waals surface area contributed by atoms with Gasteiger partial charge in [-0.1, -0.05) is 98.8 Å². The van der Waals surface area contributed by atoms with E-state index in [2.05, 4.69) is 24.5 Å². The van der Waals surface area contributed by atoms with Crippen molar-refractivity contribution in [3.8, 4) is 0 Å². The number of hydrogen-bond acceptors (Lipinski definition) is 5. The van der Waals surface area contributed by atoms with Crippen LogP contribution in [0.4, 0.5) is 16.2 Å². The number of sulfonamides is 1. The van der Waals surface area contributed by atoms with Crippen molar-refractivity contribution >= 4 is 33.4 Å². The predicted octanol–water partition coefficient (Wildman–Crippen LogP) is 6.11. The van der Waals surface area contributed by atoms with Crippen molar-refractivity contribution in [3.05, 3.63) is 125 Å². The number of anilines is 2. The van der Waals surface area contributed by atoms with Crippen LogP contribution in [0.15, 0.2) is 108 Å². The average Bonchev–Trinajstić information content (AvgIpc) is 3.43. The molecule has 1 atom stereocenters. The van der Waals surface area contributed by atoms with E-state index in [-0.39, 0.29) is 29.3 Å². The van der Waals surface area contributed by atoms with Crippen LogP contribution in [0.1, 0.15) is 36.1 Å². The molecule has 2 N–H and O–H groups in total. The molecule has 0 spiro atoms. The molecule has 1 heterocycles. The van der Waals surface area contributed by atoms with Crippen molar-refractivity contribution in [2.75, 3.05) is 16.2 Å². The number of benzene rings is 4. The fourth-order valence-corrected chi connectivity index (χ4v) is 7.06. The van der Waals surface area contributed by atoms with E-state index in [0.29, 0.717) is 24.4 Å². The summed E-state index contributed by atoms with van der Waals surface area (Å²) in [6.45, 7) is 4.61. The normalized spacial score (nSPS) is 14.2. The van der Waals surface area contributed by atoms with Gasteiger partial charge >= 0.3 is 6.09 Å². The van der Waals surface area contributed by atoms with E-state index in [9.17, 15) is 18.0 Å². The van der Waals surface area contributed by atoms with Gasteiger partial charge in [0.1, 0.15) is 12.6 Å². The van der Waals surface area contributed by atoms with Crippen molar-refractivity contribution in [2.45, 2.75) is 50.7 Å². The standard InChI is InChI=1S/C35H37N3O5S/c1-25(2)22-27-16-18-30(19-17-27)44(41,42)38-32(34(39)36-21-20-26-10-5-3-6-11-26)23-29-14-9-15-31(33(29)38)37-35(40)43-24-28-12-7-4-8-13-28/h3-19,25,32H,20-24H2,1-2H3,(H,36,39)(H,37,40). The van der Waals surface area contributed by atoms with Gasteiger partial charge in [-0.3, -0.25) is 14.4 Å². The number of amides is 2. The van der Waals surface area contributed by atoms with E-state index in [1.807, 2.05) is 72.8 Å². The van der Waals surface area contributed by atoms with E-state index in [1.165, 1.54) is 0 Å². The van der Waals surface area contributed by atoms with Crippen LogP contribution in [-0.4, -0.2) is 33.0 Å². The highest BCUT2D eigenvalue weighted by atomic mass is 32.2. The third kappa shape index (κ3) is 7.29. The molecule has 1 aliphatic rings. The molecular formula is C35H37N3O5S. The molecule has 0 saturated heterocycles. The molecule has 8 nitrogen and oxygen atoms in total. The van der Waals surface area contributed by atoms with Crippen LogP contribution in [0, 0.1) is 5.92 Å². The average molecular weight is 612 g/mol. The van der Waals surface area contributed by atoms with Crippen LogP contribution < -0.4 is 14.9 Å². The van der Waals surface area contributed by atoms with Gasteiger partial charge in [0.25, 0.3) is 10.0 Å². The first-order valence-corrected chi connectivity index (χ1v) is 16.2. The maximum absolute atomic E-state index is 14.3. The van der Waals surface area contributed by atoms with Gasteiger partial charge in [0.05, 0.1) is 16.3 Å². The van der Waals surface area contributed by atoms with Gasteiger partial charge in [-0.2, -0.15) is 0 Å². The number of nitrogens with one attached hydrogen (secondary N) is 2. The lowest BCUT2D eigenvalue weighted by atomic mass is 10.0. The zero-order valence-electron chi connectivity index (χ0n) is 24.9. The monoisotopic (exact) mass is 611 g/mol. The molecule has 4 aromatic rings. The van der Waals surface area contributed by atoms with Gasteiger partial charge in [0.15, 0.2) is 0 Å². The lowest BCUT2D eigenvalue weighted by Gasteiger charge is -2.28. The van der Waals surface area contributed by atoms with Gasteiger partial charge < -0.3 is 10.1 Å². The SMILES string of the molecule is CC(C)Cc1ccc(S(=O)(=O)N2c3c(cccc3NC(=O)OCc3ccccc3)CC2C(=O)NCCc2ccccc2)cc1. The van der Waals surface area contributed by atoms with Crippen LogP contribution in [0.3, 0.4) is 0 Å². The summed E-state index contributed by atoms with van der Waals surface area (Å²) in [7, 11) is -4.20. The summed E-state index contributed by atoms with van der Waals surface area (Å²) in [5.74, 6) is 0.0110. The van der Waals surface area contributed by atoms with Crippen molar-refractivity contribution in [1.29, 1.82) is 0 Å². The molecule has 0 aromatic heterocycles. The smallest absolute Gasteiger partial charge is 0.412 e. The minimum atomic E-state index is -4.20. The van der Waals surface area contributed by atoms with E-state index < -0.39 is 28.1 Å². The Kier molecular flexibility index (Phi) is 9.65. The number of para-hydroxylation sites is 1. The Balaban J connectivity index is 1.43. The summed E-state index contributed by atoms with van der Waals surface area (Å²) in [5.41, 5.74) is 4.06. The predicted molar refractivity (Wildman–Crippen MR) is 172 cm³/mol. The number of rotatable bonds is 11. The second-order valence-electron chi connectivity index (χ2n) is 11.3. The van der Waals surface area contributed by atoms with E-state index >= 15 is 0 Å². The summed E-state index contributed by atoms with van der Waals surface area (Å²) < 4.78 is 35.2. The Labute approximate surface area is 259 Å². The molecule has 0 radical (unpaired) electrons. The number of hydrogen-bond donors (Lipinski definition) is 2. The van der Waals surface area contributed by atoms with Gasteiger partial charge in [0, 0.05) is 13.0 Å². The van der Waals surface area contributed by atoms with Crippen molar-refractivity contribution < 1.29 is 22.7 Å². The Hall–Kier alpha value is -4.63. The van der Waals surface area contributed by atoms with Gasteiger partial charge in [0.2, 0.25) is 5.91 Å². The second kappa shape index (κ2) is 13.8. The molecule has 9 heteroatoms. The molecule has 44 heavy (non-hydrogen) atoms. The Bertz CT molecular complexity index is 1690. The maximum atomic E-state index is 14.3. The third-order valence-corrected chi connectivity index (χ3v) is 9.29. The van der Waals surface area contributed by atoms with Crippen molar-refractivity contribution in [2.24, 2.45) is 5.92 Å². The van der Waals surface area contributed by atoms with Gasteiger partial charge in [-0.25, -0.2) is 13.2 Å². The maximum Gasteiger partial charge on any atom is 0.412 e. The fraction of sp³-hybridized carbons (Fsp3) is 0.257. The first-order chi connectivity index (χ1) is 21.2. The molecule has 0 fully saturated rings. The number of ether oxygens (including phenoxy) is 1.